The largest absolute Gasteiger partial charge is 0.508 e. The van der Waals surface area contributed by atoms with Gasteiger partial charge in [-0.05, 0) is 30.5 Å². The quantitative estimate of drug-likeness (QED) is 0.249. The highest BCUT2D eigenvalue weighted by Gasteiger charge is 2.44. The van der Waals surface area contributed by atoms with Crippen LogP contribution in [0.1, 0.15) is 51.5 Å². The molecule has 1 aromatic rings. The van der Waals surface area contributed by atoms with Gasteiger partial charge in [0.15, 0.2) is 0 Å². The van der Waals surface area contributed by atoms with Crippen molar-refractivity contribution in [2.24, 2.45) is 0 Å². The molecule has 13 heteroatoms. The Morgan fingerprint density at radius 2 is 1.79 bits per heavy atom. The Bertz CT molecular complexity index is 884. The van der Waals surface area contributed by atoms with Crippen molar-refractivity contribution in [3.63, 3.8) is 0 Å². The van der Waals surface area contributed by atoms with E-state index in [-0.39, 0.29) is 31.4 Å². The molecule has 0 bridgehead atoms. The molecule has 0 amide bonds. The van der Waals surface area contributed by atoms with Gasteiger partial charge in [-0.15, -0.1) is 0 Å². The monoisotopic (exact) mass is 463 g/mol. The Hall–Kier alpha value is -1.21. The van der Waals surface area contributed by atoms with Crippen LogP contribution in [0.4, 0.5) is 0 Å². The second-order valence-corrected chi connectivity index (χ2v) is 11.0. The number of carbonyl (C=O) groups excluding carboxylic acids is 1. The number of benzene rings is 1. The minimum absolute atomic E-state index is 0.0398. The van der Waals surface area contributed by atoms with Gasteiger partial charge in [-0.2, -0.15) is 8.42 Å². The summed E-state index contributed by atoms with van der Waals surface area (Å²) >= 11 is 0. The summed E-state index contributed by atoms with van der Waals surface area (Å²) in [7, 11) is 23.4. The lowest BCUT2D eigenvalue weighted by Gasteiger charge is -2.48. The van der Waals surface area contributed by atoms with E-state index in [0.29, 0.717) is 12.8 Å². The van der Waals surface area contributed by atoms with E-state index in [9.17, 15) is 22.9 Å². The summed E-state index contributed by atoms with van der Waals surface area (Å²) < 4.78 is 36.9. The second kappa shape index (κ2) is 12.0. The number of methoxy groups -OCH3 is 1. The van der Waals surface area contributed by atoms with Crippen LogP contribution in [0, 0.1) is 0 Å². The van der Waals surface area contributed by atoms with Crippen LogP contribution in [0.5, 0.6) is 5.75 Å². The minimum Gasteiger partial charge on any atom is -0.508 e. The van der Waals surface area contributed by atoms with Gasteiger partial charge in [0.2, 0.25) is 0 Å². The molecule has 0 fully saturated rings. The molecule has 0 heterocycles. The summed E-state index contributed by atoms with van der Waals surface area (Å²) in [5, 5.41) is 6.75. The van der Waals surface area contributed by atoms with E-state index >= 15 is 0 Å². The fourth-order valence-corrected chi connectivity index (χ4v) is 5.02. The van der Waals surface area contributed by atoms with Crippen LogP contribution in [0.3, 0.4) is 0 Å². The standard InChI is InChI=1S/C20H29B6O6S/c1-4-19(21,11-15-5-7-16(27)8-6-15)14-20(25-22,12-17(28)32-3)13-18(2,26(23)24)9-10-33(29,30)31/h5-8,27H,4,9-14H2,1-3H3,(H,29,30,31). The molecule has 0 aromatic heterocycles. The topological polar surface area (TPSA) is 101 Å². The van der Waals surface area contributed by atoms with Crippen molar-refractivity contribution in [3.05, 3.63) is 29.8 Å². The fourth-order valence-electron chi connectivity index (χ4n) is 4.30. The van der Waals surface area contributed by atoms with E-state index in [2.05, 4.69) is 0 Å². The van der Waals surface area contributed by atoms with Gasteiger partial charge in [0.25, 0.3) is 10.1 Å². The Labute approximate surface area is 205 Å². The fraction of sp³-hybridized carbons (Fsp3) is 0.650. The van der Waals surface area contributed by atoms with Gasteiger partial charge in [-0.25, -0.2) is 0 Å². The first kappa shape index (κ1) is 29.8. The molecule has 33 heavy (non-hydrogen) atoms. The summed E-state index contributed by atoms with van der Waals surface area (Å²) in [6.07, 6.45) is 1.24. The Morgan fingerprint density at radius 3 is 2.21 bits per heavy atom. The molecule has 1 aromatic carbocycles. The Balaban J connectivity index is 3.36. The summed E-state index contributed by atoms with van der Waals surface area (Å²) in [6.45, 7) is 2.66. The lowest BCUT2D eigenvalue weighted by molar-refractivity contribution is -0.141. The van der Waals surface area contributed by atoms with Gasteiger partial charge < -0.3 is 9.84 Å². The van der Waals surface area contributed by atoms with E-state index in [4.69, 9.17) is 35.8 Å². The van der Waals surface area contributed by atoms with Crippen LogP contribution in [-0.4, -0.2) is 81.6 Å². The highest BCUT2D eigenvalue weighted by atomic mass is 32.2. The van der Waals surface area contributed by atoms with E-state index in [1.165, 1.54) is 14.3 Å². The SMILES string of the molecule is [B][B]C(CC(=O)OC)(CC([B])(CC)Cc1ccc(O)cc1)CC(C)(CCS(=O)(=O)O)B([B])[B]. The van der Waals surface area contributed by atoms with Crippen molar-refractivity contribution in [3.8, 4) is 5.75 Å². The third kappa shape index (κ3) is 9.51. The van der Waals surface area contributed by atoms with E-state index in [1.807, 2.05) is 6.92 Å². The molecule has 3 atom stereocenters. The molecular weight excluding hydrogens is 433 g/mol. The van der Waals surface area contributed by atoms with Crippen LogP contribution in [0.15, 0.2) is 24.3 Å². The lowest BCUT2D eigenvalue weighted by Crippen LogP contribution is -2.41. The van der Waals surface area contributed by atoms with E-state index in [0.717, 1.165) is 5.56 Å². The maximum Gasteiger partial charge on any atom is 0.305 e. The van der Waals surface area contributed by atoms with Crippen molar-refractivity contribution in [1.29, 1.82) is 0 Å². The number of hydrogen-bond acceptors (Lipinski definition) is 5. The maximum absolute atomic E-state index is 12.4. The zero-order valence-corrected chi connectivity index (χ0v) is 20.5. The van der Waals surface area contributed by atoms with Gasteiger partial charge >= 0.3 is 5.97 Å². The molecule has 0 aliphatic carbocycles. The molecule has 6 nitrogen and oxygen atoms in total. The van der Waals surface area contributed by atoms with E-state index in [1.54, 1.807) is 31.2 Å². The van der Waals surface area contributed by atoms with Gasteiger partial charge in [-0.1, -0.05) is 61.2 Å². The summed E-state index contributed by atoms with van der Waals surface area (Å²) in [5.74, 6) is -0.912. The summed E-state index contributed by atoms with van der Waals surface area (Å²) in [4.78, 5) is 12.4. The molecule has 9 radical (unpaired) electrons. The first-order valence-electron chi connectivity index (χ1n) is 10.8. The minimum atomic E-state index is -4.25. The smallest absolute Gasteiger partial charge is 0.305 e. The molecule has 0 spiro atoms. The Morgan fingerprint density at radius 1 is 1.21 bits per heavy atom. The first-order valence-corrected chi connectivity index (χ1v) is 12.4. The van der Waals surface area contributed by atoms with Crippen LogP contribution >= 0.6 is 0 Å². The average Bonchev–Trinajstić information content (AvgIpc) is 2.73. The van der Waals surface area contributed by atoms with Crippen molar-refractivity contribution in [2.45, 2.75) is 68.3 Å². The van der Waals surface area contributed by atoms with Crippen LogP contribution in [0.25, 0.3) is 0 Å². The number of ether oxygens (including phenoxy) is 1. The summed E-state index contributed by atoms with van der Waals surface area (Å²) in [5.41, 5.74) is 0.894. The third-order valence-electron chi connectivity index (χ3n) is 6.47. The highest BCUT2D eigenvalue weighted by molar-refractivity contribution is 7.85. The molecular formula is C20H29B6O6S. The van der Waals surface area contributed by atoms with Gasteiger partial charge in [-0.3, -0.25) is 9.35 Å². The van der Waals surface area contributed by atoms with Crippen molar-refractivity contribution < 1.29 is 27.6 Å². The van der Waals surface area contributed by atoms with Crippen molar-refractivity contribution >= 4 is 60.8 Å². The molecule has 0 aliphatic rings. The second-order valence-electron chi connectivity index (χ2n) is 9.41. The molecule has 169 valence electrons. The molecule has 1 rings (SSSR count). The van der Waals surface area contributed by atoms with E-state index < -0.39 is 44.3 Å². The highest BCUT2D eigenvalue weighted by Crippen LogP contribution is 2.57. The molecule has 0 saturated heterocycles. The molecule has 0 aliphatic heterocycles. The zero-order chi connectivity index (χ0) is 25.5. The van der Waals surface area contributed by atoms with Gasteiger partial charge in [0, 0.05) is 29.6 Å². The average molecular weight is 462 g/mol. The summed E-state index contributed by atoms with van der Waals surface area (Å²) in [6, 6.07) is 6.68. The predicted octanol–water partition coefficient (Wildman–Crippen LogP) is 1.82. The first-order chi connectivity index (χ1) is 15.1. The van der Waals surface area contributed by atoms with Crippen LogP contribution < -0.4 is 0 Å². The van der Waals surface area contributed by atoms with Gasteiger partial charge in [0.1, 0.15) is 5.75 Å². The predicted molar refractivity (Wildman–Crippen MR) is 137 cm³/mol. The molecule has 3 unspecified atom stereocenters. The van der Waals surface area contributed by atoms with Crippen molar-refractivity contribution in [1.82, 2.24) is 0 Å². The van der Waals surface area contributed by atoms with Crippen molar-refractivity contribution in [2.75, 3.05) is 12.9 Å². The number of phenolic OH excluding ortho intramolecular Hbond substituents is 1. The normalized spacial score (nSPS) is 17.2. The number of rotatable bonds is 14. The Kier molecular flexibility index (Phi) is 10.8. The number of carbonyl (C=O) groups is 1. The van der Waals surface area contributed by atoms with Crippen LogP contribution in [0.2, 0.25) is 15.9 Å². The maximum atomic E-state index is 12.4. The number of aromatic hydroxyl groups is 1. The lowest BCUT2D eigenvalue weighted by atomic mass is 9.08. The molecule has 2 N–H and O–H groups in total. The number of esters is 1. The van der Waals surface area contributed by atoms with Crippen LogP contribution in [-0.2, 0) is 26.1 Å². The van der Waals surface area contributed by atoms with Gasteiger partial charge in [0.05, 0.1) is 34.4 Å². The molecule has 0 saturated carbocycles. The number of hydrogen-bond donors (Lipinski definition) is 2. The third-order valence-corrected chi connectivity index (χ3v) is 7.19. The zero-order valence-electron chi connectivity index (χ0n) is 19.7. The number of phenols is 1.